The molecule has 2 heterocycles. The number of aliphatic hydroxyl groups excluding tert-OH is 1. The molecule has 0 radical (unpaired) electrons. The Kier molecular flexibility index (Phi) is 4.34. The minimum Gasteiger partial charge on any atom is -0.390 e. The highest BCUT2D eigenvalue weighted by molar-refractivity contribution is 7.21. The van der Waals surface area contributed by atoms with Crippen LogP contribution in [0.1, 0.15) is 0 Å². The highest BCUT2D eigenvalue weighted by atomic mass is 35.5. The number of hydrogen-bond acceptors (Lipinski definition) is 5. The third-order valence-electron chi connectivity index (χ3n) is 3.02. The second-order valence-electron chi connectivity index (χ2n) is 4.61. The van der Waals surface area contributed by atoms with E-state index in [9.17, 15) is 5.11 Å². The van der Waals surface area contributed by atoms with E-state index in [-0.39, 0.29) is 5.88 Å². The normalized spacial score (nSPS) is 12.5. The Morgan fingerprint density at radius 3 is 2.76 bits per heavy atom. The summed E-state index contributed by atoms with van der Waals surface area (Å²) in [6.45, 7) is 0.438. The molecule has 0 amide bonds. The Bertz CT molecular complexity index is 696. The molecule has 1 unspecified atom stereocenters. The van der Waals surface area contributed by atoms with Crippen LogP contribution >= 0.6 is 22.9 Å². The molecule has 2 N–H and O–H groups in total. The molecular weight excluding hydrogens is 306 g/mol. The molecule has 0 aliphatic carbocycles. The Morgan fingerprint density at radius 2 is 2.05 bits per heavy atom. The number of halogens is 1. The van der Waals surface area contributed by atoms with Gasteiger partial charge in [0.05, 0.1) is 12.0 Å². The average molecular weight is 320 g/mol. The SMILES string of the molecule is OC(CCl)CNc1ccc(-c2nc3cccnc3s2)cc1. The van der Waals surface area contributed by atoms with Crippen molar-refractivity contribution < 1.29 is 5.11 Å². The van der Waals surface area contributed by atoms with Gasteiger partial charge in [-0.2, -0.15) is 0 Å². The summed E-state index contributed by atoms with van der Waals surface area (Å²) in [5, 5.41) is 13.5. The standard InChI is InChI=1S/C15H14ClN3OS/c16-8-12(20)9-18-11-5-3-10(4-6-11)14-19-13-2-1-7-17-15(13)21-14/h1-7,12,18,20H,8-9H2. The van der Waals surface area contributed by atoms with Crippen LogP contribution < -0.4 is 5.32 Å². The van der Waals surface area contributed by atoms with E-state index in [2.05, 4.69) is 15.3 Å². The summed E-state index contributed by atoms with van der Waals surface area (Å²) in [7, 11) is 0. The van der Waals surface area contributed by atoms with Gasteiger partial charge >= 0.3 is 0 Å². The first-order chi connectivity index (χ1) is 10.3. The minimum absolute atomic E-state index is 0.226. The van der Waals surface area contributed by atoms with Gasteiger partial charge in [-0.15, -0.1) is 11.6 Å². The first-order valence-electron chi connectivity index (χ1n) is 6.56. The molecule has 0 fully saturated rings. The van der Waals surface area contributed by atoms with Gasteiger partial charge in [0.15, 0.2) is 0 Å². The van der Waals surface area contributed by atoms with Crippen LogP contribution in [0.5, 0.6) is 0 Å². The zero-order valence-corrected chi connectivity index (χ0v) is 12.7. The van der Waals surface area contributed by atoms with Gasteiger partial charge in [-0.05, 0) is 36.4 Å². The number of pyridine rings is 1. The highest BCUT2D eigenvalue weighted by Crippen LogP contribution is 2.29. The van der Waals surface area contributed by atoms with Crippen molar-refractivity contribution in [1.29, 1.82) is 0 Å². The summed E-state index contributed by atoms with van der Waals surface area (Å²) in [5.74, 6) is 0.226. The van der Waals surface area contributed by atoms with Gasteiger partial charge in [0, 0.05) is 24.0 Å². The fourth-order valence-corrected chi connectivity index (χ4v) is 2.94. The van der Waals surface area contributed by atoms with Gasteiger partial charge in [0.25, 0.3) is 0 Å². The van der Waals surface area contributed by atoms with Gasteiger partial charge in [-0.3, -0.25) is 0 Å². The Labute approximate surface area is 131 Å². The zero-order valence-electron chi connectivity index (χ0n) is 11.2. The van der Waals surface area contributed by atoms with Gasteiger partial charge in [-0.25, -0.2) is 9.97 Å². The number of aromatic nitrogens is 2. The second-order valence-corrected chi connectivity index (χ2v) is 5.90. The molecule has 2 aromatic heterocycles. The Balaban J connectivity index is 1.77. The number of hydrogen-bond donors (Lipinski definition) is 2. The molecule has 0 bridgehead atoms. The van der Waals surface area contributed by atoms with Crippen molar-refractivity contribution in [3.63, 3.8) is 0 Å². The number of aliphatic hydroxyl groups is 1. The summed E-state index contributed by atoms with van der Waals surface area (Å²) >= 11 is 7.14. The third kappa shape index (κ3) is 3.32. The number of thiazole rings is 1. The van der Waals surface area contributed by atoms with Crippen LogP contribution in [0.3, 0.4) is 0 Å². The topological polar surface area (TPSA) is 58.0 Å². The molecule has 3 aromatic rings. The Morgan fingerprint density at radius 1 is 1.24 bits per heavy atom. The maximum absolute atomic E-state index is 9.42. The van der Waals surface area contributed by atoms with Crippen molar-refractivity contribution in [3.05, 3.63) is 42.6 Å². The summed E-state index contributed by atoms with van der Waals surface area (Å²) in [4.78, 5) is 9.83. The van der Waals surface area contributed by atoms with Crippen molar-refractivity contribution >= 4 is 39.0 Å². The maximum Gasteiger partial charge on any atom is 0.143 e. The predicted molar refractivity (Wildman–Crippen MR) is 88.1 cm³/mol. The van der Waals surface area contributed by atoms with Crippen LogP contribution in [0.2, 0.25) is 0 Å². The summed E-state index contributed by atoms with van der Waals surface area (Å²) in [6, 6.07) is 11.8. The van der Waals surface area contributed by atoms with E-state index in [0.717, 1.165) is 26.6 Å². The van der Waals surface area contributed by atoms with E-state index in [1.165, 1.54) is 0 Å². The number of nitrogens with zero attached hydrogens (tertiary/aromatic N) is 2. The molecule has 3 rings (SSSR count). The van der Waals surface area contributed by atoms with Crippen LogP contribution in [-0.4, -0.2) is 33.6 Å². The molecule has 4 nitrogen and oxygen atoms in total. The smallest absolute Gasteiger partial charge is 0.143 e. The van der Waals surface area contributed by atoms with Crippen LogP contribution in [0.4, 0.5) is 5.69 Å². The van der Waals surface area contributed by atoms with E-state index in [1.807, 2.05) is 36.4 Å². The lowest BCUT2D eigenvalue weighted by Crippen LogP contribution is -2.20. The van der Waals surface area contributed by atoms with E-state index in [1.54, 1.807) is 17.5 Å². The first-order valence-corrected chi connectivity index (χ1v) is 7.91. The largest absolute Gasteiger partial charge is 0.390 e. The maximum atomic E-state index is 9.42. The quantitative estimate of drug-likeness (QED) is 0.708. The molecular formula is C15H14ClN3OS. The molecule has 0 saturated heterocycles. The monoisotopic (exact) mass is 319 g/mol. The highest BCUT2D eigenvalue weighted by Gasteiger charge is 2.07. The van der Waals surface area contributed by atoms with Crippen LogP contribution in [0, 0.1) is 0 Å². The molecule has 0 saturated carbocycles. The molecule has 0 spiro atoms. The van der Waals surface area contributed by atoms with Crippen molar-refractivity contribution in [2.45, 2.75) is 6.10 Å². The lowest BCUT2D eigenvalue weighted by Gasteiger charge is -2.10. The number of benzene rings is 1. The summed E-state index contributed by atoms with van der Waals surface area (Å²) in [5.41, 5.74) is 2.92. The zero-order chi connectivity index (χ0) is 14.7. The van der Waals surface area contributed by atoms with Crippen molar-refractivity contribution in [3.8, 4) is 10.6 Å². The van der Waals surface area contributed by atoms with Gasteiger partial charge < -0.3 is 10.4 Å². The second kappa shape index (κ2) is 6.39. The molecule has 1 atom stereocenters. The number of nitrogens with one attached hydrogen (secondary N) is 1. The van der Waals surface area contributed by atoms with E-state index in [4.69, 9.17) is 11.6 Å². The molecule has 0 aliphatic rings. The van der Waals surface area contributed by atoms with E-state index in [0.29, 0.717) is 6.54 Å². The fraction of sp³-hybridized carbons (Fsp3) is 0.200. The molecule has 6 heteroatoms. The fourth-order valence-electron chi connectivity index (χ4n) is 1.91. The molecule has 108 valence electrons. The lowest BCUT2D eigenvalue weighted by molar-refractivity contribution is 0.211. The summed E-state index contributed by atoms with van der Waals surface area (Å²) < 4.78 is 0. The van der Waals surface area contributed by atoms with E-state index < -0.39 is 6.10 Å². The number of fused-ring (bicyclic) bond motifs is 1. The predicted octanol–water partition coefficient (Wildman–Crippen LogP) is 3.37. The van der Waals surface area contributed by atoms with Gasteiger partial charge in [0.1, 0.15) is 15.4 Å². The van der Waals surface area contributed by atoms with Crippen molar-refractivity contribution in [1.82, 2.24) is 9.97 Å². The first kappa shape index (κ1) is 14.3. The van der Waals surface area contributed by atoms with Crippen LogP contribution in [-0.2, 0) is 0 Å². The molecule has 21 heavy (non-hydrogen) atoms. The number of anilines is 1. The lowest BCUT2D eigenvalue weighted by atomic mass is 10.2. The van der Waals surface area contributed by atoms with Gasteiger partial charge in [0.2, 0.25) is 0 Å². The summed E-state index contributed by atoms with van der Waals surface area (Å²) in [6.07, 6.45) is 1.24. The number of rotatable bonds is 5. The Hall–Kier alpha value is -1.69. The number of alkyl halides is 1. The molecule has 1 aromatic carbocycles. The van der Waals surface area contributed by atoms with Crippen LogP contribution in [0.25, 0.3) is 20.9 Å². The third-order valence-corrected chi connectivity index (χ3v) is 4.40. The van der Waals surface area contributed by atoms with Crippen molar-refractivity contribution in [2.24, 2.45) is 0 Å². The average Bonchev–Trinajstić information content (AvgIpc) is 2.97. The van der Waals surface area contributed by atoms with Crippen molar-refractivity contribution in [2.75, 3.05) is 17.7 Å². The molecule has 0 aliphatic heterocycles. The van der Waals surface area contributed by atoms with E-state index >= 15 is 0 Å². The van der Waals surface area contributed by atoms with Gasteiger partial charge in [-0.1, -0.05) is 11.3 Å². The van der Waals surface area contributed by atoms with Crippen LogP contribution in [0.15, 0.2) is 42.6 Å². The minimum atomic E-state index is -0.540.